The Kier molecular flexibility index (Phi) is 5.97. The van der Waals surface area contributed by atoms with Gasteiger partial charge >= 0.3 is 0 Å². The predicted octanol–water partition coefficient (Wildman–Crippen LogP) is 0.146. The van der Waals surface area contributed by atoms with E-state index in [-0.39, 0.29) is 17.7 Å². The molecule has 0 aromatic rings. The van der Waals surface area contributed by atoms with Gasteiger partial charge in [-0.1, -0.05) is 6.92 Å². The maximum absolute atomic E-state index is 11.5. The molecule has 1 fully saturated rings. The molecule has 1 saturated carbocycles. The van der Waals surface area contributed by atoms with Crippen LogP contribution in [0.3, 0.4) is 0 Å². The Morgan fingerprint density at radius 3 is 2.65 bits per heavy atom. The minimum atomic E-state index is -0.102. The second-order valence-corrected chi connectivity index (χ2v) is 4.58. The van der Waals surface area contributed by atoms with Crippen LogP contribution in [0.4, 0.5) is 0 Å². The fourth-order valence-corrected chi connectivity index (χ4v) is 1.59. The second-order valence-electron chi connectivity index (χ2n) is 4.58. The largest absolute Gasteiger partial charge is 0.356 e. The van der Waals surface area contributed by atoms with Crippen LogP contribution >= 0.6 is 0 Å². The SMILES string of the molecule is CCC(CN)C(=O)NCCCC(=O)NC1CC1. The monoisotopic (exact) mass is 241 g/mol. The zero-order valence-electron chi connectivity index (χ0n) is 10.5. The molecule has 0 heterocycles. The lowest BCUT2D eigenvalue weighted by Gasteiger charge is -2.12. The molecule has 5 heteroatoms. The van der Waals surface area contributed by atoms with Gasteiger partial charge in [-0.25, -0.2) is 0 Å². The van der Waals surface area contributed by atoms with Crippen LogP contribution < -0.4 is 16.4 Å². The Bertz CT molecular complexity index is 260. The average molecular weight is 241 g/mol. The lowest BCUT2D eigenvalue weighted by molar-refractivity contribution is -0.125. The van der Waals surface area contributed by atoms with Gasteiger partial charge in [-0.3, -0.25) is 9.59 Å². The van der Waals surface area contributed by atoms with E-state index in [1.807, 2.05) is 6.92 Å². The van der Waals surface area contributed by atoms with E-state index in [2.05, 4.69) is 10.6 Å². The maximum atomic E-state index is 11.5. The van der Waals surface area contributed by atoms with E-state index >= 15 is 0 Å². The van der Waals surface area contributed by atoms with Crippen molar-refractivity contribution in [1.82, 2.24) is 10.6 Å². The first-order valence-corrected chi connectivity index (χ1v) is 6.44. The molecule has 98 valence electrons. The van der Waals surface area contributed by atoms with Gasteiger partial charge in [0, 0.05) is 31.5 Å². The Morgan fingerprint density at radius 2 is 2.12 bits per heavy atom. The van der Waals surface area contributed by atoms with Crippen molar-refractivity contribution in [2.75, 3.05) is 13.1 Å². The molecule has 1 unspecified atom stereocenters. The van der Waals surface area contributed by atoms with E-state index < -0.39 is 0 Å². The number of nitrogens with two attached hydrogens (primary N) is 1. The van der Waals surface area contributed by atoms with Gasteiger partial charge in [0.25, 0.3) is 0 Å². The standard InChI is InChI=1S/C12H23N3O2/c1-2-9(8-13)12(17)14-7-3-4-11(16)15-10-5-6-10/h9-10H,2-8,13H2,1H3,(H,14,17)(H,15,16). The number of carbonyl (C=O) groups excluding carboxylic acids is 2. The smallest absolute Gasteiger partial charge is 0.224 e. The van der Waals surface area contributed by atoms with E-state index in [1.165, 1.54) is 0 Å². The molecule has 17 heavy (non-hydrogen) atoms. The van der Waals surface area contributed by atoms with Crippen molar-refractivity contribution in [3.8, 4) is 0 Å². The van der Waals surface area contributed by atoms with Crippen molar-refractivity contribution in [1.29, 1.82) is 0 Å². The first kappa shape index (κ1) is 14.0. The first-order valence-electron chi connectivity index (χ1n) is 6.44. The highest BCUT2D eigenvalue weighted by Crippen LogP contribution is 2.18. The average Bonchev–Trinajstić information content (AvgIpc) is 3.10. The Balaban J connectivity index is 2.02. The lowest BCUT2D eigenvalue weighted by atomic mass is 10.1. The van der Waals surface area contributed by atoms with Crippen LogP contribution in [-0.4, -0.2) is 30.9 Å². The molecule has 0 aliphatic heterocycles. The predicted molar refractivity (Wildman–Crippen MR) is 66.2 cm³/mol. The van der Waals surface area contributed by atoms with E-state index in [0.29, 0.717) is 32.0 Å². The third-order valence-electron chi connectivity index (χ3n) is 2.97. The van der Waals surface area contributed by atoms with E-state index in [1.54, 1.807) is 0 Å². The summed E-state index contributed by atoms with van der Waals surface area (Å²) in [5, 5.41) is 5.73. The number of hydrogen-bond donors (Lipinski definition) is 3. The number of hydrogen-bond acceptors (Lipinski definition) is 3. The van der Waals surface area contributed by atoms with Gasteiger partial charge in [0.1, 0.15) is 0 Å². The fourth-order valence-electron chi connectivity index (χ4n) is 1.59. The summed E-state index contributed by atoms with van der Waals surface area (Å²) in [6, 6.07) is 0.416. The van der Waals surface area contributed by atoms with Gasteiger partial charge in [0.15, 0.2) is 0 Å². The topological polar surface area (TPSA) is 84.2 Å². The maximum Gasteiger partial charge on any atom is 0.224 e. The molecule has 0 bridgehead atoms. The Morgan fingerprint density at radius 1 is 1.41 bits per heavy atom. The van der Waals surface area contributed by atoms with Crippen molar-refractivity contribution < 1.29 is 9.59 Å². The second kappa shape index (κ2) is 7.27. The summed E-state index contributed by atoms with van der Waals surface area (Å²) in [5.41, 5.74) is 5.47. The number of carbonyl (C=O) groups is 2. The third kappa shape index (κ3) is 5.68. The van der Waals surface area contributed by atoms with E-state index in [9.17, 15) is 9.59 Å². The van der Waals surface area contributed by atoms with Crippen LogP contribution in [0.15, 0.2) is 0 Å². The van der Waals surface area contributed by atoms with Crippen LogP contribution in [0.5, 0.6) is 0 Å². The molecule has 4 N–H and O–H groups in total. The molecule has 1 aliphatic rings. The normalized spacial score (nSPS) is 16.4. The van der Waals surface area contributed by atoms with Crippen molar-refractivity contribution in [2.45, 2.75) is 45.1 Å². The highest BCUT2D eigenvalue weighted by molar-refractivity contribution is 5.79. The molecule has 5 nitrogen and oxygen atoms in total. The molecule has 1 aliphatic carbocycles. The van der Waals surface area contributed by atoms with Crippen LogP contribution in [0, 0.1) is 5.92 Å². The highest BCUT2D eigenvalue weighted by Gasteiger charge is 2.22. The quantitative estimate of drug-likeness (QED) is 0.529. The summed E-state index contributed by atoms with van der Waals surface area (Å²) in [4.78, 5) is 22.9. The number of rotatable bonds is 8. The Labute approximate surface area is 103 Å². The summed E-state index contributed by atoms with van der Waals surface area (Å²) in [5.74, 6) is -0.0134. The van der Waals surface area contributed by atoms with Crippen LogP contribution in [0.1, 0.15) is 39.0 Å². The molecule has 0 radical (unpaired) electrons. The molecule has 2 amide bonds. The molecule has 0 saturated heterocycles. The number of nitrogens with one attached hydrogen (secondary N) is 2. The Hall–Kier alpha value is -1.10. The van der Waals surface area contributed by atoms with Crippen molar-refractivity contribution >= 4 is 11.8 Å². The summed E-state index contributed by atoms with van der Waals surface area (Å²) < 4.78 is 0. The zero-order chi connectivity index (χ0) is 12.7. The number of amides is 2. The molecule has 0 aromatic carbocycles. The molecule has 1 atom stereocenters. The molecule has 0 spiro atoms. The van der Waals surface area contributed by atoms with Gasteiger partial charge in [-0.15, -0.1) is 0 Å². The summed E-state index contributed by atoms with van der Waals surface area (Å²) in [6.07, 6.45) is 4.14. The molecular weight excluding hydrogens is 218 g/mol. The van der Waals surface area contributed by atoms with Crippen LogP contribution in [0.2, 0.25) is 0 Å². The molecule has 1 rings (SSSR count). The van der Waals surface area contributed by atoms with Gasteiger partial charge in [-0.2, -0.15) is 0 Å². The van der Waals surface area contributed by atoms with Gasteiger partial charge < -0.3 is 16.4 Å². The molecular formula is C12H23N3O2. The minimum absolute atomic E-state index is 0.00222. The van der Waals surface area contributed by atoms with Crippen molar-refractivity contribution in [3.05, 3.63) is 0 Å². The van der Waals surface area contributed by atoms with Gasteiger partial charge in [-0.05, 0) is 25.7 Å². The van der Waals surface area contributed by atoms with Crippen LogP contribution in [0.25, 0.3) is 0 Å². The van der Waals surface area contributed by atoms with E-state index in [4.69, 9.17) is 5.73 Å². The zero-order valence-corrected chi connectivity index (χ0v) is 10.5. The minimum Gasteiger partial charge on any atom is -0.356 e. The third-order valence-corrected chi connectivity index (χ3v) is 2.97. The van der Waals surface area contributed by atoms with Gasteiger partial charge in [0.2, 0.25) is 11.8 Å². The summed E-state index contributed by atoms with van der Waals surface area (Å²) in [6.45, 7) is 2.87. The summed E-state index contributed by atoms with van der Waals surface area (Å²) >= 11 is 0. The van der Waals surface area contributed by atoms with E-state index in [0.717, 1.165) is 19.3 Å². The lowest BCUT2D eigenvalue weighted by Crippen LogP contribution is -2.35. The summed E-state index contributed by atoms with van der Waals surface area (Å²) in [7, 11) is 0. The van der Waals surface area contributed by atoms with Crippen molar-refractivity contribution in [3.63, 3.8) is 0 Å². The fraction of sp³-hybridized carbons (Fsp3) is 0.833. The molecule has 0 aromatic heterocycles. The van der Waals surface area contributed by atoms with Crippen molar-refractivity contribution in [2.24, 2.45) is 11.7 Å². The van der Waals surface area contributed by atoms with Crippen LogP contribution in [-0.2, 0) is 9.59 Å². The first-order chi connectivity index (χ1) is 8.17. The van der Waals surface area contributed by atoms with Gasteiger partial charge in [0.05, 0.1) is 0 Å². The highest BCUT2D eigenvalue weighted by atomic mass is 16.2.